The van der Waals surface area contributed by atoms with E-state index in [0.29, 0.717) is 5.75 Å². The van der Waals surface area contributed by atoms with Gasteiger partial charge in [0.25, 0.3) is 0 Å². The topological polar surface area (TPSA) is 46.2 Å². The molecule has 2 nitrogen and oxygen atoms in total. The molecule has 0 spiro atoms. The van der Waals surface area contributed by atoms with Crippen LogP contribution in [0.5, 0.6) is 5.75 Å². The fourth-order valence-electron chi connectivity index (χ4n) is 2.17. The minimum atomic E-state index is -0.199. The van der Waals surface area contributed by atoms with Gasteiger partial charge in [0, 0.05) is 5.54 Å². The van der Waals surface area contributed by atoms with E-state index in [0.717, 1.165) is 12.0 Å². The highest BCUT2D eigenvalue weighted by atomic mass is 16.3. The van der Waals surface area contributed by atoms with E-state index in [1.807, 2.05) is 32.0 Å². The molecule has 0 unspecified atom stereocenters. The first-order valence-corrected chi connectivity index (χ1v) is 5.29. The number of phenols is 1. The van der Waals surface area contributed by atoms with E-state index >= 15 is 0 Å². The molecule has 0 aliphatic heterocycles. The largest absolute Gasteiger partial charge is 0.508 e. The van der Waals surface area contributed by atoms with Crippen molar-refractivity contribution in [2.45, 2.75) is 45.1 Å². The predicted molar refractivity (Wildman–Crippen MR) is 64.0 cm³/mol. The predicted octanol–water partition coefficient (Wildman–Crippen LogP) is 2.80. The molecule has 15 heavy (non-hydrogen) atoms. The molecule has 84 valence electrons. The van der Waals surface area contributed by atoms with Gasteiger partial charge in [-0.15, -0.1) is 0 Å². The van der Waals surface area contributed by atoms with E-state index in [9.17, 15) is 5.11 Å². The van der Waals surface area contributed by atoms with Crippen LogP contribution < -0.4 is 5.73 Å². The Labute approximate surface area is 92.1 Å². The molecule has 0 bridgehead atoms. The Morgan fingerprint density at radius 2 is 1.80 bits per heavy atom. The number of nitrogens with two attached hydrogens (primary N) is 1. The maximum Gasteiger partial charge on any atom is 0.115 e. The summed E-state index contributed by atoms with van der Waals surface area (Å²) in [6.45, 7) is 8.35. The third-order valence-corrected chi connectivity index (χ3v) is 2.53. The van der Waals surface area contributed by atoms with Gasteiger partial charge in [0.1, 0.15) is 5.75 Å². The summed E-state index contributed by atoms with van der Waals surface area (Å²) in [7, 11) is 0. The normalized spacial score (nSPS) is 12.9. The van der Waals surface area contributed by atoms with Gasteiger partial charge in [-0.05, 0) is 43.4 Å². The van der Waals surface area contributed by atoms with E-state index in [4.69, 9.17) is 5.73 Å². The van der Waals surface area contributed by atoms with Gasteiger partial charge >= 0.3 is 0 Å². The average molecular weight is 207 g/mol. The van der Waals surface area contributed by atoms with Crippen LogP contribution in [0.4, 0.5) is 0 Å². The van der Waals surface area contributed by atoms with Crippen molar-refractivity contribution in [3.63, 3.8) is 0 Å². The minimum Gasteiger partial charge on any atom is -0.508 e. The molecule has 3 N–H and O–H groups in total. The number of hydrogen-bond donors (Lipinski definition) is 2. The Bertz CT molecular complexity index is 337. The van der Waals surface area contributed by atoms with Gasteiger partial charge in [-0.25, -0.2) is 0 Å². The summed E-state index contributed by atoms with van der Waals surface area (Å²) in [4.78, 5) is 0. The fraction of sp³-hybridized carbons (Fsp3) is 0.538. The van der Waals surface area contributed by atoms with E-state index in [1.165, 1.54) is 0 Å². The first-order valence-electron chi connectivity index (χ1n) is 5.29. The van der Waals surface area contributed by atoms with Gasteiger partial charge in [0.15, 0.2) is 0 Å². The highest BCUT2D eigenvalue weighted by molar-refractivity contribution is 5.32. The van der Waals surface area contributed by atoms with E-state index in [-0.39, 0.29) is 11.0 Å². The van der Waals surface area contributed by atoms with Crippen LogP contribution in [-0.4, -0.2) is 10.6 Å². The molecule has 0 aromatic heterocycles. The zero-order valence-electron chi connectivity index (χ0n) is 10.0. The number of hydrogen-bond acceptors (Lipinski definition) is 2. The average Bonchev–Trinajstić information content (AvgIpc) is 1.99. The molecule has 0 heterocycles. The van der Waals surface area contributed by atoms with Crippen LogP contribution in [0.3, 0.4) is 0 Å². The van der Waals surface area contributed by atoms with Crippen molar-refractivity contribution < 1.29 is 5.11 Å². The van der Waals surface area contributed by atoms with Gasteiger partial charge in [0.05, 0.1) is 0 Å². The SMILES string of the molecule is CC(C)(N)CC(C)(C)c1cccc(O)c1. The highest BCUT2D eigenvalue weighted by Crippen LogP contribution is 2.32. The number of aromatic hydroxyl groups is 1. The molecule has 1 aromatic carbocycles. The van der Waals surface area contributed by atoms with E-state index in [2.05, 4.69) is 13.8 Å². The summed E-state index contributed by atoms with van der Waals surface area (Å²) in [5, 5.41) is 9.44. The molecule has 0 radical (unpaired) electrons. The quantitative estimate of drug-likeness (QED) is 0.800. The Hall–Kier alpha value is -1.02. The highest BCUT2D eigenvalue weighted by Gasteiger charge is 2.27. The van der Waals surface area contributed by atoms with Crippen LogP contribution in [0.2, 0.25) is 0 Å². The van der Waals surface area contributed by atoms with Crippen LogP contribution in [0, 0.1) is 0 Å². The zero-order valence-corrected chi connectivity index (χ0v) is 10.0. The van der Waals surface area contributed by atoms with Gasteiger partial charge < -0.3 is 10.8 Å². The molecular formula is C13H21NO. The molecule has 2 heteroatoms. The van der Waals surface area contributed by atoms with Gasteiger partial charge in [0.2, 0.25) is 0 Å². The number of rotatable bonds is 3. The van der Waals surface area contributed by atoms with Crippen molar-refractivity contribution in [3.05, 3.63) is 29.8 Å². The third kappa shape index (κ3) is 3.56. The Morgan fingerprint density at radius 3 is 2.27 bits per heavy atom. The number of phenolic OH excluding ortho intramolecular Hbond substituents is 1. The summed E-state index contributed by atoms with van der Waals surface area (Å²) in [6.07, 6.45) is 0.878. The molecule has 1 aromatic rings. The lowest BCUT2D eigenvalue weighted by molar-refractivity contribution is 0.349. The van der Waals surface area contributed by atoms with E-state index < -0.39 is 0 Å². The summed E-state index contributed by atoms with van der Waals surface area (Å²) in [5.74, 6) is 0.315. The van der Waals surface area contributed by atoms with E-state index in [1.54, 1.807) is 6.07 Å². The van der Waals surface area contributed by atoms with Crippen LogP contribution in [0.1, 0.15) is 39.7 Å². The molecule has 0 aliphatic carbocycles. The Kier molecular flexibility index (Phi) is 3.10. The van der Waals surface area contributed by atoms with Gasteiger partial charge in [-0.3, -0.25) is 0 Å². The van der Waals surface area contributed by atoms with Crippen LogP contribution >= 0.6 is 0 Å². The third-order valence-electron chi connectivity index (χ3n) is 2.53. The van der Waals surface area contributed by atoms with Crippen LogP contribution in [0.25, 0.3) is 0 Å². The van der Waals surface area contributed by atoms with Crippen LogP contribution in [-0.2, 0) is 5.41 Å². The first-order chi connectivity index (χ1) is 6.71. The monoisotopic (exact) mass is 207 g/mol. The zero-order chi connectivity index (χ0) is 11.7. The maximum absolute atomic E-state index is 9.44. The molecule has 0 atom stereocenters. The summed E-state index contributed by atoms with van der Waals surface area (Å²) >= 11 is 0. The van der Waals surface area contributed by atoms with Crippen LogP contribution in [0.15, 0.2) is 24.3 Å². The lowest BCUT2D eigenvalue weighted by Gasteiger charge is -2.32. The number of benzene rings is 1. The van der Waals surface area contributed by atoms with Gasteiger partial charge in [-0.2, -0.15) is 0 Å². The second-order valence-corrected chi connectivity index (χ2v) is 5.60. The molecule has 0 saturated heterocycles. The first kappa shape index (κ1) is 12.1. The molecular weight excluding hydrogens is 186 g/mol. The Morgan fingerprint density at radius 1 is 1.20 bits per heavy atom. The van der Waals surface area contributed by atoms with Crippen molar-refractivity contribution in [2.75, 3.05) is 0 Å². The molecule has 0 aliphatic rings. The molecule has 1 rings (SSSR count). The lowest BCUT2D eigenvalue weighted by Crippen LogP contribution is -2.39. The summed E-state index contributed by atoms with van der Waals surface area (Å²) in [6, 6.07) is 7.40. The van der Waals surface area contributed by atoms with Crippen molar-refractivity contribution >= 4 is 0 Å². The summed E-state index contributed by atoms with van der Waals surface area (Å²) < 4.78 is 0. The molecule has 0 fully saturated rings. The van der Waals surface area contributed by atoms with Crippen molar-refractivity contribution in [1.29, 1.82) is 0 Å². The standard InChI is InChI=1S/C13H21NO/c1-12(2,9-13(3,4)14)10-6-5-7-11(15)8-10/h5-8,15H,9,14H2,1-4H3. The fourth-order valence-corrected chi connectivity index (χ4v) is 2.17. The minimum absolute atomic E-state index is 0.0169. The van der Waals surface area contributed by atoms with Gasteiger partial charge in [-0.1, -0.05) is 26.0 Å². The smallest absolute Gasteiger partial charge is 0.115 e. The lowest BCUT2D eigenvalue weighted by atomic mass is 9.75. The molecule has 0 amide bonds. The maximum atomic E-state index is 9.44. The second-order valence-electron chi connectivity index (χ2n) is 5.60. The van der Waals surface area contributed by atoms with Crippen molar-refractivity contribution in [3.8, 4) is 5.75 Å². The second kappa shape index (κ2) is 3.86. The Balaban J connectivity index is 2.95. The molecule has 0 saturated carbocycles. The van der Waals surface area contributed by atoms with Crippen molar-refractivity contribution in [2.24, 2.45) is 5.73 Å². The van der Waals surface area contributed by atoms with Crippen molar-refractivity contribution in [1.82, 2.24) is 0 Å². The summed E-state index contributed by atoms with van der Waals surface area (Å²) in [5.41, 5.74) is 6.94.